The van der Waals surface area contributed by atoms with E-state index in [4.69, 9.17) is 4.74 Å². The number of para-hydroxylation sites is 2. The number of hydrogen-bond donors (Lipinski definition) is 1. The fraction of sp³-hybridized carbons (Fsp3) is 0.158. The van der Waals surface area contributed by atoms with Gasteiger partial charge >= 0.3 is 5.91 Å². The van der Waals surface area contributed by atoms with Crippen molar-refractivity contribution in [3.63, 3.8) is 0 Å². The first-order valence-electron chi connectivity index (χ1n) is 7.48. The summed E-state index contributed by atoms with van der Waals surface area (Å²) in [4.78, 5) is 26.2. The van der Waals surface area contributed by atoms with E-state index in [0.29, 0.717) is 17.0 Å². The number of benzene rings is 2. The molecule has 0 aliphatic carbocycles. The molecule has 1 aliphatic heterocycles. The molecule has 0 spiro atoms. The van der Waals surface area contributed by atoms with Gasteiger partial charge < -0.3 is 9.84 Å². The lowest BCUT2D eigenvalue weighted by Gasteiger charge is -2.17. The molecular formula is C19H17NO4. The minimum absolute atomic E-state index is 0.00834. The molecule has 0 radical (unpaired) electrons. The number of methoxy groups -OCH3 is 1. The van der Waals surface area contributed by atoms with Gasteiger partial charge in [0.05, 0.1) is 18.4 Å². The maximum atomic E-state index is 12.8. The van der Waals surface area contributed by atoms with E-state index in [1.807, 2.05) is 19.9 Å². The number of aliphatic hydroxyl groups is 1. The van der Waals surface area contributed by atoms with Crippen molar-refractivity contribution in [3.05, 3.63) is 64.9 Å². The van der Waals surface area contributed by atoms with Crippen LogP contribution in [0.5, 0.6) is 5.75 Å². The standard InChI is InChI=1S/C19H17NO4/c1-11-8-9-13(10-12(11)2)16-17(21)19(23)20(18(16)22)14-6-4-5-7-15(14)24-3/h4-10,21H,1-3H3. The largest absolute Gasteiger partial charge is 0.502 e. The number of amides is 2. The summed E-state index contributed by atoms with van der Waals surface area (Å²) in [5, 5.41) is 10.3. The summed E-state index contributed by atoms with van der Waals surface area (Å²) in [6, 6.07) is 12.1. The van der Waals surface area contributed by atoms with Gasteiger partial charge in [0.15, 0.2) is 5.76 Å². The molecule has 1 aliphatic rings. The van der Waals surface area contributed by atoms with Gasteiger partial charge in [-0.05, 0) is 42.7 Å². The smallest absolute Gasteiger partial charge is 0.301 e. The first kappa shape index (κ1) is 15.8. The number of rotatable bonds is 3. The molecule has 122 valence electrons. The molecular weight excluding hydrogens is 306 g/mol. The molecule has 0 unspecified atom stereocenters. The lowest BCUT2D eigenvalue weighted by Crippen LogP contribution is -2.31. The summed E-state index contributed by atoms with van der Waals surface area (Å²) in [6.07, 6.45) is 0. The highest BCUT2D eigenvalue weighted by Gasteiger charge is 2.41. The highest BCUT2D eigenvalue weighted by molar-refractivity contribution is 6.45. The monoisotopic (exact) mass is 323 g/mol. The Labute approximate surface area is 139 Å². The summed E-state index contributed by atoms with van der Waals surface area (Å²) < 4.78 is 5.22. The topological polar surface area (TPSA) is 66.8 Å². The molecule has 3 rings (SSSR count). The van der Waals surface area contributed by atoms with Crippen molar-refractivity contribution in [1.82, 2.24) is 0 Å². The number of aryl methyl sites for hydroxylation is 2. The van der Waals surface area contributed by atoms with Crippen molar-refractivity contribution in [2.45, 2.75) is 13.8 Å². The zero-order valence-corrected chi connectivity index (χ0v) is 13.7. The van der Waals surface area contributed by atoms with E-state index >= 15 is 0 Å². The molecule has 0 saturated carbocycles. The van der Waals surface area contributed by atoms with Crippen molar-refractivity contribution in [2.75, 3.05) is 12.0 Å². The van der Waals surface area contributed by atoms with Crippen LogP contribution in [0.1, 0.15) is 16.7 Å². The van der Waals surface area contributed by atoms with Gasteiger partial charge in [-0.25, -0.2) is 4.90 Å². The van der Waals surface area contributed by atoms with Crippen LogP contribution >= 0.6 is 0 Å². The Morgan fingerprint density at radius 2 is 1.67 bits per heavy atom. The van der Waals surface area contributed by atoms with Gasteiger partial charge in [0.1, 0.15) is 5.75 Å². The molecule has 0 atom stereocenters. The van der Waals surface area contributed by atoms with Gasteiger partial charge in [0.2, 0.25) is 0 Å². The van der Waals surface area contributed by atoms with Crippen LogP contribution in [-0.2, 0) is 9.59 Å². The highest BCUT2D eigenvalue weighted by Crippen LogP contribution is 2.36. The van der Waals surface area contributed by atoms with Crippen LogP contribution in [0.3, 0.4) is 0 Å². The molecule has 0 saturated heterocycles. The zero-order chi connectivity index (χ0) is 17.4. The van der Waals surface area contributed by atoms with Crippen LogP contribution in [0.25, 0.3) is 5.57 Å². The third kappa shape index (κ3) is 2.34. The molecule has 2 amide bonds. The minimum Gasteiger partial charge on any atom is -0.502 e. The fourth-order valence-corrected chi connectivity index (χ4v) is 2.71. The molecule has 0 bridgehead atoms. The summed E-state index contributed by atoms with van der Waals surface area (Å²) in [5.74, 6) is -1.48. The normalized spacial score (nSPS) is 14.5. The summed E-state index contributed by atoms with van der Waals surface area (Å²) in [6.45, 7) is 3.87. The van der Waals surface area contributed by atoms with Gasteiger partial charge in [-0.2, -0.15) is 0 Å². The van der Waals surface area contributed by atoms with Crippen molar-refractivity contribution in [2.24, 2.45) is 0 Å². The molecule has 2 aromatic carbocycles. The van der Waals surface area contributed by atoms with Crippen molar-refractivity contribution < 1.29 is 19.4 Å². The molecule has 1 N–H and O–H groups in total. The van der Waals surface area contributed by atoms with Crippen LogP contribution in [0.2, 0.25) is 0 Å². The Morgan fingerprint density at radius 1 is 0.958 bits per heavy atom. The highest BCUT2D eigenvalue weighted by atomic mass is 16.5. The number of aliphatic hydroxyl groups excluding tert-OH is 1. The number of carbonyl (C=O) groups is 2. The third-order valence-corrected chi connectivity index (χ3v) is 4.18. The Hall–Kier alpha value is -3.08. The van der Waals surface area contributed by atoms with Crippen molar-refractivity contribution >= 4 is 23.1 Å². The van der Waals surface area contributed by atoms with Gasteiger partial charge in [-0.15, -0.1) is 0 Å². The molecule has 0 fully saturated rings. The maximum Gasteiger partial charge on any atom is 0.301 e. The van der Waals surface area contributed by atoms with Gasteiger partial charge in [-0.3, -0.25) is 9.59 Å². The Bertz CT molecular complexity index is 883. The summed E-state index contributed by atoms with van der Waals surface area (Å²) >= 11 is 0. The second-order valence-corrected chi connectivity index (χ2v) is 5.64. The van der Waals surface area contributed by atoms with Crippen LogP contribution in [-0.4, -0.2) is 24.0 Å². The van der Waals surface area contributed by atoms with E-state index in [-0.39, 0.29) is 5.57 Å². The molecule has 24 heavy (non-hydrogen) atoms. The third-order valence-electron chi connectivity index (χ3n) is 4.18. The first-order chi connectivity index (χ1) is 11.5. The first-order valence-corrected chi connectivity index (χ1v) is 7.48. The van der Waals surface area contributed by atoms with E-state index in [2.05, 4.69) is 0 Å². The van der Waals surface area contributed by atoms with Crippen molar-refractivity contribution in [1.29, 1.82) is 0 Å². The van der Waals surface area contributed by atoms with Gasteiger partial charge in [0, 0.05) is 0 Å². The van der Waals surface area contributed by atoms with E-state index in [1.54, 1.807) is 36.4 Å². The average Bonchev–Trinajstić information content (AvgIpc) is 2.80. The maximum absolute atomic E-state index is 12.8. The predicted molar refractivity (Wildman–Crippen MR) is 91.0 cm³/mol. The van der Waals surface area contributed by atoms with E-state index in [9.17, 15) is 14.7 Å². The number of hydrogen-bond acceptors (Lipinski definition) is 4. The number of nitrogens with zero attached hydrogens (tertiary/aromatic N) is 1. The van der Waals surface area contributed by atoms with E-state index in [0.717, 1.165) is 16.0 Å². The molecule has 5 nitrogen and oxygen atoms in total. The SMILES string of the molecule is COc1ccccc1N1C(=O)C(O)=C(c2ccc(C)c(C)c2)C1=O. The van der Waals surface area contributed by atoms with Gasteiger partial charge in [0.25, 0.3) is 5.91 Å². The Kier molecular flexibility index (Phi) is 3.85. The molecule has 1 heterocycles. The fourth-order valence-electron chi connectivity index (χ4n) is 2.71. The lowest BCUT2D eigenvalue weighted by atomic mass is 10.00. The van der Waals surface area contributed by atoms with Crippen LogP contribution in [0.15, 0.2) is 48.2 Å². The van der Waals surface area contributed by atoms with Crippen LogP contribution in [0, 0.1) is 13.8 Å². The second kappa shape index (κ2) is 5.85. The second-order valence-electron chi connectivity index (χ2n) is 5.64. The summed E-state index contributed by atoms with van der Waals surface area (Å²) in [5.41, 5.74) is 2.88. The summed E-state index contributed by atoms with van der Waals surface area (Å²) in [7, 11) is 1.46. The van der Waals surface area contributed by atoms with Crippen LogP contribution < -0.4 is 9.64 Å². The number of anilines is 1. The minimum atomic E-state index is -0.752. The van der Waals surface area contributed by atoms with Crippen LogP contribution in [0.4, 0.5) is 5.69 Å². The van der Waals surface area contributed by atoms with E-state index < -0.39 is 17.6 Å². The Balaban J connectivity index is 2.09. The predicted octanol–water partition coefficient (Wildman–Crippen LogP) is 3.15. The quantitative estimate of drug-likeness (QED) is 0.881. The average molecular weight is 323 g/mol. The molecule has 0 aromatic heterocycles. The van der Waals surface area contributed by atoms with Gasteiger partial charge in [-0.1, -0.05) is 30.3 Å². The zero-order valence-electron chi connectivity index (χ0n) is 13.7. The van der Waals surface area contributed by atoms with E-state index in [1.165, 1.54) is 7.11 Å². The van der Waals surface area contributed by atoms with Crippen molar-refractivity contribution in [3.8, 4) is 5.75 Å². The molecule has 2 aromatic rings. The molecule has 5 heteroatoms. The lowest BCUT2D eigenvalue weighted by molar-refractivity contribution is -0.121. The Morgan fingerprint density at radius 3 is 2.33 bits per heavy atom. The number of imide groups is 1. The number of ether oxygens (including phenoxy) is 1. The number of carbonyl (C=O) groups excluding carboxylic acids is 2.